The molecule has 1 aliphatic heterocycles. The number of fused-ring (bicyclic) bond motifs is 1. The van der Waals surface area contributed by atoms with E-state index in [2.05, 4.69) is 11.9 Å². The number of nitrogen functional groups attached to an aromatic ring is 1. The van der Waals surface area contributed by atoms with Crippen LogP contribution in [0.15, 0.2) is 24.4 Å². The van der Waals surface area contributed by atoms with Crippen LogP contribution in [0.3, 0.4) is 0 Å². The molecule has 20 heavy (non-hydrogen) atoms. The van der Waals surface area contributed by atoms with Crippen molar-refractivity contribution in [3.63, 3.8) is 0 Å². The maximum atomic E-state index is 12.8. The number of carbonyl (C=O) groups is 1. The van der Waals surface area contributed by atoms with Gasteiger partial charge in [0.15, 0.2) is 0 Å². The van der Waals surface area contributed by atoms with E-state index in [-0.39, 0.29) is 11.9 Å². The number of hydrogen-bond acceptors (Lipinski definition) is 3. The fourth-order valence-electron chi connectivity index (χ4n) is 2.73. The molecular formula is C15H19N3O2. The number of nitrogens with zero attached hydrogens (tertiary/aromatic N) is 1. The van der Waals surface area contributed by atoms with E-state index >= 15 is 0 Å². The van der Waals surface area contributed by atoms with E-state index in [9.17, 15) is 4.79 Å². The third-order valence-electron chi connectivity index (χ3n) is 3.90. The van der Waals surface area contributed by atoms with E-state index in [1.807, 2.05) is 23.1 Å². The van der Waals surface area contributed by atoms with Gasteiger partial charge in [0.2, 0.25) is 0 Å². The summed E-state index contributed by atoms with van der Waals surface area (Å²) in [7, 11) is 0. The molecule has 1 atom stereocenters. The first kappa shape index (κ1) is 13.0. The highest BCUT2D eigenvalue weighted by Crippen LogP contribution is 2.24. The summed E-state index contributed by atoms with van der Waals surface area (Å²) in [4.78, 5) is 17.8. The average Bonchev–Trinajstić information content (AvgIpc) is 2.89. The zero-order valence-electron chi connectivity index (χ0n) is 11.6. The van der Waals surface area contributed by atoms with Crippen molar-refractivity contribution in [2.75, 3.05) is 25.5 Å². The number of anilines is 1. The Morgan fingerprint density at radius 1 is 1.55 bits per heavy atom. The van der Waals surface area contributed by atoms with Crippen molar-refractivity contribution in [2.24, 2.45) is 0 Å². The Bertz CT molecular complexity index is 635. The topological polar surface area (TPSA) is 71.3 Å². The molecule has 1 aliphatic rings. The summed E-state index contributed by atoms with van der Waals surface area (Å²) in [6.07, 6.45) is 2.67. The lowest BCUT2D eigenvalue weighted by molar-refractivity contribution is -0.00269. The van der Waals surface area contributed by atoms with E-state index in [0.717, 1.165) is 17.3 Å². The number of nitrogens with one attached hydrogen (secondary N) is 1. The zero-order chi connectivity index (χ0) is 14.1. The summed E-state index contributed by atoms with van der Waals surface area (Å²) in [5.41, 5.74) is 8.11. The molecule has 1 saturated heterocycles. The lowest BCUT2D eigenvalue weighted by Crippen LogP contribution is -2.48. The van der Waals surface area contributed by atoms with Crippen molar-refractivity contribution < 1.29 is 9.53 Å². The molecule has 0 saturated carbocycles. The third-order valence-corrected chi connectivity index (χ3v) is 3.90. The molecular weight excluding hydrogens is 254 g/mol. The summed E-state index contributed by atoms with van der Waals surface area (Å²) < 4.78 is 5.46. The predicted octanol–water partition coefficient (Wildman–Crippen LogP) is 2.00. The lowest BCUT2D eigenvalue weighted by atomic mass is 10.1. The fraction of sp³-hybridized carbons (Fsp3) is 0.400. The number of benzene rings is 1. The second-order valence-corrected chi connectivity index (χ2v) is 5.14. The van der Waals surface area contributed by atoms with Gasteiger partial charge in [-0.3, -0.25) is 4.79 Å². The first-order chi connectivity index (χ1) is 9.70. The molecule has 2 aromatic rings. The molecule has 0 radical (unpaired) electrons. The maximum Gasteiger partial charge on any atom is 0.256 e. The molecule has 3 N–H and O–H groups in total. The number of rotatable bonds is 2. The van der Waals surface area contributed by atoms with Crippen LogP contribution in [0.25, 0.3) is 10.9 Å². The molecule has 0 aliphatic carbocycles. The number of ether oxygens (including phenoxy) is 1. The van der Waals surface area contributed by atoms with E-state index in [1.165, 1.54) is 0 Å². The van der Waals surface area contributed by atoms with Crippen molar-refractivity contribution in [3.8, 4) is 0 Å². The molecule has 5 heteroatoms. The highest BCUT2D eigenvalue weighted by molar-refractivity contribution is 6.07. The second kappa shape index (κ2) is 5.17. The van der Waals surface area contributed by atoms with E-state index in [4.69, 9.17) is 10.5 Å². The summed E-state index contributed by atoms with van der Waals surface area (Å²) in [5.74, 6) is 0.0528. The second-order valence-electron chi connectivity index (χ2n) is 5.14. The summed E-state index contributed by atoms with van der Waals surface area (Å²) in [6.45, 7) is 3.94. The van der Waals surface area contributed by atoms with Crippen molar-refractivity contribution >= 4 is 22.5 Å². The number of carbonyl (C=O) groups excluding carboxylic acids is 1. The van der Waals surface area contributed by atoms with Crippen LogP contribution in [0.5, 0.6) is 0 Å². The molecule has 1 aromatic heterocycles. The van der Waals surface area contributed by atoms with Crippen molar-refractivity contribution in [3.05, 3.63) is 30.0 Å². The van der Waals surface area contributed by atoms with Gasteiger partial charge < -0.3 is 20.4 Å². The maximum absolute atomic E-state index is 12.8. The first-order valence-electron chi connectivity index (χ1n) is 6.96. The van der Waals surface area contributed by atoms with Crippen LogP contribution in [0.2, 0.25) is 0 Å². The van der Waals surface area contributed by atoms with Gasteiger partial charge in [0.25, 0.3) is 5.91 Å². The van der Waals surface area contributed by atoms with Crippen LogP contribution in [-0.4, -0.2) is 41.6 Å². The van der Waals surface area contributed by atoms with Gasteiger partial charge in [-0.25, -0.2) is 0 Å². The van der Waals surface area contributed by atoms with E-state index in [0.29, 0.717) is 31.0 Å². The minimum atomic E-state index is 0.0528. The number of hydrogen-bond donors (Lipinski definition) is 2. The first-order valence-corrected chi connectivity index (χ1v) is 6.96. The number of morpholine rings is 1. The van der Waals surface area contributed by atoms with Crippen LogP contribution < -0.4 is 5.73 Å². The number of aromatic amines is 1. The van der Waals surface area contributed by atoms with Crippen LogP contribution in [0.4, 0.5) is 5.69 Å². The minimum absolute atomic E-state index is 0.0528. The van der Waals surface area contributed by atoms with Gasteiger partial charge >= 0.3 is 0 Å². The Morgan fingerprint density at radius 3 is 3.20 bits per heavy atom. The van der Waals surface area contributed by atoms with Crippen LogP contribution in [-0.2, 0) is 4.74 Å². The zero-order valence-corrected chi connectivity index (χ0v) is 11.6. The Labute approximate surface area is 117 Å². The largest absolute Gasteiger partial charge is 0.399 e. The van der Waals surface area contributed by atoms with Crippen molar-refractivity contribution in [2.45, 2.75) is 19.4 Å². The quantitative estimate of drug-likeness (QED) is 0.822. The van der Waals surface area contributed by atoms with E-state index in [1.54, 1.807) is 6.20 Å². The smallest absolute Gasteiger partial charge is 0.256 e. The summed E-state index contributed by atoms with van der Waals surface area (Å²) in [5, 5.41) is 0.886. The fourth-order valence-corrected chi connectivity index (χ4v) is 2.73. The van der Waals surface area contributed by atoms with Gasteiger partial charge in [-0.05, 0) is 24.6 Å². The molecule has 106 valence electrons. The molecule has 1 fully saturated rings. The number of H-pyrrole nitrogens is 1. The number of aromatic nitrogens is 1. The molecule has 1 unspecified atom stereocenters. The highest BCUT2D eigenvalue weighted by Gasteiger charge is 2.28. The molecule has 5 nitrogen and oxygen atoms in total. The van der Waals surface area contributed by atoms with Gasteiger partial charge in [-0.2, -0.15) is 0 Å². The predicted molar refractivity (Wildman–Crippen MR) is 78.6 cm³/mol. The van der Waals surface area contributed by atoms with Gasteiger partial charge in [0.05, 0.1) is 24.8 Å². The standard InChI is InChI=1S/C15H19N3O2/c1-2-11-9-20-6-5-18(11)15(19)13-8-17-14-4-3-10(16)7-12(13)14/h3-4,7-8,11,17H,2,5-6,9,16H2,1H3. The Morgan fingerprint density at radius 2 is 2.40 bits per heavy atom. The Kier molecular flexibility index (Phi) is 3.36. The number of amides is 1. The molecule has 2 heterocycles. The lowest BCUT2D eigenvalue weighted by Gasteiger charge is -2.35. The normalized spacial score (nSPS) is 19.4. The van der Waals surface area contributed by atoms with Crippen molar-refractivity contribution in [1.29, 1.82) is 0 Å². The molecule has 0 bridgehead atoms. The summed E-state index contributed by atoms with van der Waals surface area (Å²) >= 11 is 0. The number of nitrogens with two attached hydrogens (primary N) is 1. The molecule has 1 amide bonds. The van der Waals surface area contributed by atoms with Crippen molar-refractivity contribution in [1.82, 2.24) is 9.88 Å². The molecule has 3 rings (SSSR count). The van der Waals surface area contributed by atoms with Crippen LogP contribution >= 0.6 is 0 Å². The van der Waals surface area contributed by atoms with E-state index < -0.39 is 0 Å². The highest BCUT2D eigenvalue weighted by atomic mass is 16.5. The third kappa shape index (κ3) is 2.14. The Hall–Kier alpha value is -2.01. The summed E-state index contributed by atoms with van der Waals surface area (Å²) in [6, 6.07) is 5.73. The van der Waals surface area contributed by atoms with Gasteiger partial charge in [-0.15, -0.1) is 0 Å². The van der Waals surface area contributed by atoms with Gasteiger partial charge in [-0.1, -0.05) is 6.92 Å². The minimum Gasteiger partial charge on any atom is -0.399 e. The van der Waals surface area contributed by atoms with Gasteiger partial charge in [0.1, 0.15) is 0 Å². The van der Waals surface area contributed by atoms with Gasteiger partial charge in [0, 0.05) is 29.3 Å². The monoisotopic (exact) mass is 273 g/mol. The van der Waals surface area contributed by atoms with Crippen LogP contribution in [0.1, 0.15) is 23.7 Å². The molecule has 0 spiro atoms. The van der Waals surface area contributed by atoms with Crippen LogP contribution in [0, 0.1) is 0 Å². The average molecular weight is 273 g/mol. The Balaban J connectivity index is 1.97. The SMILES string of the molecule is CCC1COCCN1C(=O)c1c[nH]c2ccc(N)cc12. The molecule has 1 aromatic carbocycles.